The third-order valence-corrected chi connectivity index (χ3v) is 14.6. The van der Waals surface area contributed by atoms with Crippen molar-refractivity contribution in [3.05, 3.63) is 236 Å². The van der Waals surface area contributed by atoms with Gasteiger partial charge in [0.1, 0.15) is 16.8 Å². The number of hydrogen-bond acceptors (Lipinski definition) is 4. The van der Waals surface area contributed by atoms with Crippen molar-refractivity contribution in [2.45, 2.75) is 19.3 Å². The van der Waals surface area contributed by atoms with E-state index in [0.717, 1.165) is 61.5 Å². The van der Waals surface area contributed by atoms with Crippen LogP contribution in [-0.4, -0.2) is 9.97 Å². The number of fused-ring (bicyclic) bond motifs is 9. The summed E-state index contributed by atoms with van der Waals surface area (Å²) < 4.78 is 6.61. The second-order valence-corrected chi connectivity index (χ2v) is 18.9. The van der Waals surface area contributed by atoms with Crippen LogP contribution < -0.4 is 4.90 Å². The van der Waals surface area contributed by atoms with E-state index in [0.29, 0.717) is 11.4 Å². The maximum Gasteiger partial charge on any atom is 0.180 e. The van der Waals surface area contributed by atoms with Crippen molar-refractivity contribution in [1.29, 1.82) is 0 Å². The van der Waals surface area contributed by atoms with Crippen molar-refractivity contribution >= 4 is 49.9 Å². The first kappa shape index (κ1) is 39.3. The lowest BCUT2D eigenvalue weighted by Crippen LogP contribution is -2.16. The number of aromatic nitrogens is 2. The van der Waals surface area contributed by atoms with Crippen LogP contribution in [0, 0.1) is 0 Å². The van der Waals surface area contributed by atoms with E-state index in [1.165, 1.54) is 66.4 Å². The Morgan fingerprint density at radius 3 is 1.83 bits per heavy atom. The minimum Gasteiger partial charge on any atom is -0.452 e. The first-order valence-electron chi connectivity index (χ1n) is 23.7. The van der Waals surface area contributed by atoms with Crippen LogP contribution in [-0.2, 0) is 5.41 Å². The Morgan fingerprint density at radius 1 is 0.406 bits per heavy atom. The second-order valence-electron chi connectivity index (χ2n) is 18.9. The van der Waals surface area contributed by atoms with E-state index in [9.17, 15) is 0 Å². The molecule has 10 aromatic carbocycles. The highest BCUT2D eigenvalue weighted by Gasteiger charge is 2.38. The van der Waals surface area contributed by atoms with Crippen LogP contribution in [0.15, 0.2) is 229 Å². The number of hydrogen-bond donors (Lipinski definition) is 0. The summed E-state index contributed by atoms with van der Waals surface area (Å²) in [5.74, 6) is 0.668. The van der Waals surface area contributed by atoms with Gasteiger partial charge in [-0.1, -0.05) is 196 Å². The molecule has 0 saturated heterocycles. The van der Waals surface area contributed by atoms with Crippen LogP contribution in [0.1, 0.15) is 25.0 Å². The van der Waals surface area contributed by atoms with E-state index in [2.05, 4.69) is 207 Å². The maximum absolute atomic E-state index is 6.61. The minimum absolute atomic E-state index is 0.147. The van der Waals surface area contributed by atoms with Crippen molar-refractivity contribution in [3.63, 3.8) is 0 Å². The van der Waals surface area contributed by atoms with E-state index >= 15 is 0 Å². The third-order valence-electron chi connectivity index (χ3n) is 14.6. The number of rotatable bonds is 7. The van der Waals surface area contributed by atoms with E-state index in [4.69, 9.17) is 14.4 Å². The maximum atomic E-state index is 6.61. The van der Waals surface area contributed by atoms with Crippen LogP contribution in [0.25, 0.3) is 111 Å². The van der Waals surface area contributed by atoms with E-state index in [-0.39, 0.29) is 5.41 Å². The molecular formula is C65H43N3O. The highest BCUT2D eigenvalue weighted by molar-refractivity contribution is 6.19. The van der Waals surface area contributed by atoms with Crippen LogP contribution in [0.5, 0.6) is 0 Å². The predicted octanol–water partition coefficient (Wildman–Crippen LogP) is 17.6. The lowest BCUT2D eigenvalue weighted by Gasteiger charge is -2.29. The fraction of sp³-hybridized carbons (Fsp3) is 0.0462. The molecule has 4 nitrogen and oxygen atoms in total. The molecule has 4 heteroatoms. The molecule has 0 fully saturated rings. The zero-order chi connectivity index (χ0) is 45.8. The van der Waals surface area contributed by atoms with Gasteiger partial charge in [-0.05, 0) is 114 Å². The molecule has 0 saturated carbocycles. The largest absolute Gasteiger partial charge is 0.452 e. The van der Waals surface area contributed by atoms with E-state index < -0.39 is 0 Å². The fourth-order valence-corrected chi connectivity index (χ4v) is 11.4. The highest BCUT2D eigenvalue weighted by Crippen LogP contribution is 2.55. The normalized spacial score (nSPS) is 12.9. The number of anilines is 3. The summed E-state index contributed by atoms with van der Waals surface area (Å²) in [5.41, 5.74) is 23.2. The molecule has 0 spiro atoms. The molecule has 2 heterocycles. The molecule has 2 aliphatic rings. The summed E-state index contributed by atoms with van der Waals surface area (Å²) in [6.07, 6.45) is 0. The molecule has 0 unspecified atom stereocenters. The van der Waals surface area contributed by atoms with Gasteiger partial charge in [-0.15, -0.1) is 0 Å². The summed E-state index contributed by atoms with van der Waals surface area (Å²) in [4.78, 5) is 12.7. The van der Waals surface area contributed by atoms with Gasteiger partial charge in [0.05, 0.1) is 5.69 Å². The Labute approximate surface area is 400 Å². The van der Waals surface area contributed by atoms with Gasteiger partial charge in [0.25, 0.3) is 0 Å². The summed E-state index contributed by atoms with van der Waals surface area (Å²) in [6.45, 7) is 4.71. The SMILES string of the molecule is CC1(C)c2ccccc2-c2c(N(c3ccc(-c4ccc5oc6c(-c7ccccc7)nc(-c7ccccc7)nc6c5c4)cc3)c3cccc(-c4ccc5c6c(cccc46)-c4ccccc4-5)c3)cccc21. The first-order chi connectivity index (χ1) is 34.0. The topological polar surface area (TPSA) is 42.2 Å². The van der Waals surface area contributed by atoms with Gasteiger partial charge in [0.2, 0.25) is 0 Å². The summed E-state index contributed by atoms with van der Waals surface area (Å²) in [6, 6.07) is 81.0. The van der Waals surface area contributed by atoms with Gasteiger partial charge < -0.3 is 9.32 Å². The summed E-state index contributed by atoms with van der Waals surface area (Å²) >= 11 is 0. The average Bonchev–Trinajstić information content (AvgIpc) is 4.03. The molecule has 12 aromatic rings. The third kappa shape index (κ3) is 6.02. The standard InChI is InChI=1S/C65H43N3O/c1-65(2)55-27-12-11-24-53(55)60-56(65)28-15-29-57(60)68(46-21-13-20-44(38-46)47-35-36-52-49-23-10-9-22-48(49)51-26-14-25-50(47)59(51)52)45-33-30-40(31-34-45)43-32-37-58-54(39-43)62-63(69-58)61(41-16-5-3-6-17-41)66-64(67-62)42-18-7-4-8-19-42/h3-39H,1-2H3. The van der Waals surface area contributed by atoms with Gasteiger partial charge >= 0.3 is 0 Å². The number of furan rings is 1. The van der Waals surface area contributed by atoms with Crippen molar-refractivity contribution in [1.82, 2.24) is 9.97 Å². The van der Waals surface area contributed by atoms with Crippen molar-refractivity contribution in [3.8, 4) is 78.3 Å². The van der Waals surface area contributed by atoms with Gasteiger partial charge in [-0.3, -0.25) is 0 Å². The lowest BCUT2D eigenvalue weighted by molar-refractivity contribution is 0.660. The van der Waals surface area contributed by atoms with Crippen molar-refractivity contribution in [2.75, 3.05) is 4.90 Å². The Bertz CT molecular complexity index is 4010. The fourth-order valence-electron chi connectivity index (χ4n) is 11.4. The van der Waals surface area contributed by atoms with Crippen molar-refractivity contribution < 1.29 is 4.42 Å². The van der Waals surface area contributed by atoms with Gasteiger partial charge in [-0.25, -0.2) is 9.97 Å². The minimum atomic E-state index is -0.147. The van der Waals surface area contributed by atoms with Gasteiger partial charge in [-0.2, -0.15) is 0 Å². The van der Waals surface area contributed by atoms with Crippen molar-refractivity contribution in [2.24, 2.45) is 0 Å². The quantitative estimate of drug-likeness (QED) is 0.160. The Kier molecular flexibility index (Phi) is 8.59. The van der Waals surface area contributed by atoms with Crippen LogP contribution in [0.4, 0.5) is 17.1 Å². The zero-order valence-corrected chi connectivity index (χ0v) is 38.1. The number of nitrogens with zero attached hydrogens (tertiary/aromatic N) is 3. The van der Waals surface area contributed by atoms with E-state index in [1.807, 2.05) is 36.4 Å². The average molecular weight is 882 g/mol. The Hall–Kier alpha value is -8.86. The zero-order valence-electron chi connectivity index (χ0n) is 38.1. The van der Waals surface area contributed by atoms with Gasteiger partial charge in [0.15, 0.2) is 11.4 Å². The Morgan fingerprint density at radius 2 is 1.03 bits per heavy atom. The van der Waals surface area contributed by atoms with Crippen LogP contribution in [0.3, 0.4) is 0 Å². The monoisotopic (exact) mass is 881 g/mol. The van der Waals surface area contributed by atoms with E-state index in [1.54, 1.807) is 0 Å². The predicted molar refractivity (Wildman–Crippen MR) is 285 cm³/mol. The second kappa shape index (κ2) is 15.1. The van der Waals surface area contributed by atoms with Crippen LogP contribution in [0.2, 0.25) is 0 Å². The van der Waals surface area contributed by atoms with Gasteiger partial charge in [0, 0.05) is 38.9 Å². The van der Waals surface area contributed by atoms with Crippen LogP contribution >= 0.6 is 0 Å². The molecule has 324 valence electrons. The highest BCUT2D eigenvalue weighted by atomic mass is 16.3. The first-order valence-corrected chi connectivity index (χ1v) is 23.7. The molecule has 0 N–H and O–H groups in total. The molecule has 0 atom stereocenters. The number of benzene rings is 10. The Balaban J connectivity index is 0.915. The molecule has 0 bridgehead atoms. The smallest absolute Gasteiger partial charge is 0.180 e. The molecule has 0 aliphatic heterocycles. The lowest BCUT2D eigenvalue weighted by atomic mass is 9.82. The molecule has 0 amide bonds. The molecule has 2 aliphatic carbocycles. The molecule has 69 heavy (non-hydrogen) atoms. The molecular weight excluding hydrogens is 839 g/mol. The molecule has 2 aromatic heterocycles. The summed E-state index contributed by atoms with van der Waals surface area (Å²) in [5, 5.41) is 3.55. The molecule has 0 radical (unpaired) electrons. The molecule has 14 rings (SSSR count). The summed E-state index contributed by atoms with van der Waals surface area (Å²) in [7, 11) is 0.